The van der Waals surface area contributed by atoms with Gasteiger partial charge in [0, 0.05) is 36.9 Å². The minimum absolute atomic E-state index is 0.0331. The summed E-state index contributed by atoms with van der Waals surface area (Å²) >= 11 is 16.6. The highest BCUT2D eigenvalue weighted by Crippen LogP contribution is 2.42. The van der Waals surface area contributed by atoms with Crippen LogP contribution < -0.4 is 10.9 Å². The molecule has 6 heterocycles. The zero-order valence-electron chi connectivity index (χ0n) is 35.6. The van der Waals surface area contributed by atoms with E-state index in [2.05, 4.69) is 21.1 Å². The second-order valence-electron chi connectivity index (χ2n) is 15.3. The van der Waals surface area contributed by atoms with Crippen molar-refractivity contribution in [3.63, 3.8) is 0 Å². The van der Waals surface area contributed by atoms with Gasteiger partial charge in [0.1, 0.15) is 11.5 Å². The van der Waals surface area contributed by atoms with E-state index in [9.17, 15) is 52.8 Å². The molecule has 0 radical (unpaired) electrons. The number of hydrogen-bond acceptors (Lipinski definition) is 14. The zero-order valence-corrected chi connectivity index (χ0v) is 40.4. The number of nitrogens with one attached hydrogen (secondary N) is 2. The van der Waals surface area contributed by atoms with Crippen LogP contribution in [0.1, 0.15) is 82.1 Å². The third kappa shape index (κ3) is 11.6. The highest BCUT2D eigenvalue weighted by atomic mass is 35.5. The van der Waals surface area contributed by atoms with Crippen LogP contribution in [0, 0.1) is 0 Å². The Morgan fingerprint density at radius 1 is 0.647 bits per heavy atom. The number of thiophene rings is 4. The van der Waals surface area contributed by atoms with Crippen LogP contribution in [0.5, 0.6) is 11.5 Å². The van der Waals surface area contributed by atoms with Crippen molar-refractivity contribution in [3.05, 3.63) is 124 Å². The summed E-state index contributed by atoms with van der Waals surface area (Å²) in [6, 6.07) is 15.8. The van der Waals surface area contributed by atoms with Crippen LogP contribution in [0.25, 0.3) is 20.9 Å². The molecule has 0 aliphatic carbocycles. The first-order valence-electron chi connectivity index (χ1n) is 20.4. The number of carbonyl (C=O) groups is 4. The van der Waals surface area contributed by atoms with Gasteiger partial charge in [0.2, 0.25) is 0 Å². The number of amides is 4. The van der Waals surface area contributed by atoms with Gasteiger partial charge in [-0.1, -0.05) is 41.4 Å². The Morgan fingerprint density at radius 2 is 1.07 bits per heavy atom. The smallest absolute Gasteiger partial charge is 0.416 e. The van der Waals surface area contributed by atoms with E-state index in [0.29, 0.717) is 95.0 Å². The minimum Gasteiger partial charge on any atom is -0.506 e. The normalized spacial score (nSPS) is 16.4. The summed E-state index contributed by atoms with van der Waals surface area (Å²) in [7, 11) is 0. The van der Waals surface area contributed by atoms with E-state index in [1.54, 1.807) is 65.9 Å². The summed E-state index contributed by atoms with van der Waals surface area (Å²) in [6.07, 6.45) is -4.41. The number of likely N-dealkylation sites (tertiary alicyclic amines) is 2. The van der Waals surface area contributed by atoms with Crippen LogP contribution in [-0.2, 0) is 6.18 Å². The van der Waals surface area contributed by atoms with Gasteiger partial charge in [0.15, 0.2) is 0 Å². The molecule has 4 aromatic heterocycles. The lowest BCUT2D eigenvalue weighted by molar-refractivity contribution is -0.137. The first-order valence-corrected chi connectivity index (χ1v) is 24.5. The van der Waals surface area contributed by atoms with Gasteiger partial charge < -0.3 is 30.2 Å². The molecule has 68 heavy (non-hydrogen) atoms. The van der Waals surface area contributed by atoms with Crippen molar-refractivity contribution in [1.29, 1.82) is 0 Å². The van der Waals surface area contributed by atoms with E-state index in [1.807, 2.05) is 0 Å². The molecule has 2 aliphatic heterocycles. The second-order valence-corrected chi connectivity index (χ2v) is 20.1. The average Bonchev–Trinajstić information content (AvgIpc) is 4.19. The van der Waals surface area contributed by atoms with Gasteiger partial charge >= 0.3 is 6.18 Å². The lowest BCUT2D eigenvalue weighted by atomic mass is 10.1. The van der Waals surface area contributed by atoms with Crippen LogP contribution in [0.15, 0.2) is 87.7 Å². The first-order chi connectivity index (χ1) is 32.3. The predicted octanol–water partition coefficient (Wildman–Crippen LogP) is 9.41. The number of rotatable bonds is 10. The Balaban J connectivity index is 0.000000202. The average molecular weight is 1050 g/mol. The van der Waals surface area contributed by atoms with Crippen molar-refractivity contribution in [2.75, 3.05) is 26.2 Å². The second kappa shape index (κ2) is 21.3. The molecule has 2 atom stereocenters. The van der Waals surface area contributed by atoms with E-state index in [-0.39, 0.29) is 34.7 Å². The summed E-state index contributed by atoms with van der Waals surface area (Å²) in [6.45, 7) is 4.76. The first kappa shape index (κ1) is 50.2. The monoisotopic (exact) mass is 1050 g/mol. The van der Waals surface area contributed by atoms with Crippen molar-refractivity contribution in [3.8, 4) is 32.4 Å². The highest BCUT2D eigenvalue weighted by molar-refractivity contribution is 7.16. The van der Waals surface area contributed by atoms with E-state index < -0.39 is 35.8 Å². The third-order valence-corrected chi connectivity index (χ3v) is 15.5. The summed E-state index contributed by atoms with van der Waals surface area (Å²) < 4.78 is 38.4. The quantitative estimate of drug-likeness (QED) is 0.0575. The van der Waals surface area contributed by atoms with E-state index in [1.165, 1.54) is 34.4 Å². The van der Waals surface area contributed by atoms with Gasteiger partial charge in [-0.05, 0) is 86.3 Å². The van der Waals surface area contributed by atoms with Crippen LogP contribution in [0.3, 0.4) is 0 Å². The van der Waals surface area contributed by atoms with E-state index >= 15 is 0 Å². The summed E-state index contributed by atoms with van der Waals surface area (Å²) in [5.41, 5.74) is 6.74. The van der Waals surface area contributed by atoms with Crippen LogP contribution >= 0.6 is 68.5 Å². The molecule has 2 aromatic carbocycles. The molecule has 14 nitrogen and oxygen atoms in total. The van der Waals surface area contributed by atoms with Gasteiger partial charge in [0.05, 0.1) is 79.6 Å². The van der Waals surface area contributed by atoms with Gasteiger partial charge in [0.25, 0.3) is 23.6 Å². The largest absolute Gasteiger partial charge is 0.506 e. The molecule has 6 aromatic rings. The fraction of sp³-hybridized carbons (Fsp3) is 0.244. The number of β-amino-alcohol motifs (C(OH)–C–C–N with tert-alkyl or cyclic N) is 2. The van der Waals surface area contributed by atoms with Crippen molar-refractivity contribution in [1.82, 2.24) is 20.7 Å². The Labute approximate surface area is 412 Å². The van der Waals surface area contributed by atoms with Gasteiger partial charge in [-0.15, -0.1) is 45.3 Å². The molecular weight excluding hydrogens is 1010 g/mol. The number of aliphatic hydroxyl groups excluding tert-OH is 2. The Kier molecular flexibility index (Phi) is 15.8. The fourth-order valence-electron chi connectivity index (χ4n) is 6.89. The molecule has 0 spiro atoms. The lowest BCUT2D eigenvalue weighted by Gasteiger charge is -2.13. The Bertz CT molecular complexity index is 2930. The maximum atomic E-state index is 12.8. The van der Waals surface area contributed by atoms with Crippen LogP contribution in [-0.4, -0.2) is 104 Å². The van der Waals surface area contributed by atoms with Crippen molar-refractivity contribution < 1.29 is 52.8 Å². The standard InChI is InChI=1S/C23H20F3N3O4S2.C22H19Cl2N3O4S2/c1-12(16-11-34-20(19(16)31)13-2-4-14(5-3-13)23(24,25)26)27-28-21(32)17-6-7-18(35-17)22(33)29-9-8-15(30)10-29;1-11(14-10-32-20(19(14)29)12-2-3-15(23)16(24)8-12)25-26-21(30)17-4-5-18(33-17)22(31)27-7-6-13(28)9-27/h2-7,11,15,30-31H,8-10H2,1H3,(H,28,32);2-5,8,10,13,28-29H,6-7,9H2,1H3,(H,26,30)/b27-12+;25-11+. The number of benzene rings is 2. The molecule has 356 valence electrons. The number of hydrazone groups is 2. The summed E-state index contributed by atoms with van der Waals surface area (Å²) in [4.78, 5) is 55.5. The molecule has 0 bridgehead atoms. The molecule has 6 N–H and O–H groups in total. The van der Waals surface area contributed by atoms with Gasteiger partial charge in [-0.2, -0.15) is 23.4 Å². The predicted molar refractivity (Wildman–Crippen MR) is 259 cm³/mol. The van der Waals surface area contributed by atoms with E-state index in [0.717, 1.165) is 51.7 Å². The minimum atomic E-state index is -4.45. The third-order valence-electron chi connectivity index (χ3n) is 10.6. The Morgan fingerprint density at radius 3 is 1.49 bits per heavy atom. The molecule has 23 heteroatoms. The Hall–Kier alpha value is -5.65. The molecular formula is C45H39Cl2F3N6O8S4. The number of hydrogen-bond donors (Lipinski definition) is 6. The van der Waals surface area contributed by atoms with Crippen LogP contribution in [0.4, 0.5) is 13.2 Å². The molecule has 4 amide bonds. The number of carbonyl (C=O) groups excluding carboxylic acids is 4. The van der Waals surface area contributed by atoms with Gasteiger partial charge in [-0.3, -0.25) is 19.2 Å². The maximum absolute atomic E-state index is 12.8. The molecule has 2 unspecified atom stereocenters. The molecule has 2 aliphatic rings. The number of aromatic hydroxyl groups is 2. The van der Waals surface area contributed by atoms with Crippen molar-refractivity contribution in [2.45, 2.75) is 45.1 Å². The van der Waals surface area contributed by atoms with Gasteiger partial charge in [-0.25, -0.2) is 10.9 Å². The summed E-state index contributed by atoms with van der Waals surface area (Å²) in [5.74, 6) is -1.56. The van der Waals surface area contributed by atoms with Crippen LogP contribution in [0.2, 0.25) is 10.0 Å². The summed E-state index contributed by atoms with van der Waals surface area (Å²) in [5, 5.41) is 52.7. The number of halogens is 5. The molecule has 8 rings (SSSR count). The highest BCUT2D eigenvalue weighted by Gasteiger charge is 2.31. The SMILES string of the molecule is C/C(=N\NC(=O)c1ccc(C(=O)N2CCC(O)C2)s1)c1csc(-c2ccc(C(F)(F)F)cc2)c1O.C/C(=N\NC(=O)c1ccc(C(=O)N2CCC(O)C2)s1)c1csc(-c2ccc(Cl)c(Cl)c2)c1O. The van der Waals surface area contributed by atoms with Crippen molar-refractivity contribution in [2.24, 2.45) is 10.2 Å². The maximum Gasteiger partial charge on any atom is 0.416 e. The molecule has 0 saturated carbocycles. The molecule has 2 fully saturated rings. The fourth-order valence-corrected chi connectivity index (χ4v) is 10.9. The zero-order chi connectivity index (χ0) is 49.0. The lowest BCUT2D eigenvalue weighted by Crippen LogP contribution is -2.28. The number of aliphatic hydroxyl groups is 2. The topological polar surface area (TPSA) is 204 Å². The number of nitrogens with zero attached hydrogens (tertiary/aromatic N) is 4. The number of alkyl halides is 3. The molecule has 2 saturated heterocycles. The van der Waals surface area contributed by atoms with E-state index in [4.69, 9.17) is 23.2 Å². The van der Waals surface area contributed by atoms with Crippen molar-refractivity contribution >= 4 is 104 Å².